The summed E-state index contributed by atoms with van der Waals surface area (Å²) in [5.74, 6) is 1.79. The van der Waals surface area contributed by atoms with E-state index in [9.17, 15) is 0 Å². The Bertz CT molecular complexity index is 125. The van der Waals surface area contributed by atoms with Crippen LogP contribution in [0.2, 0.25) is 0 Å². The van der Waals surface area contributed by atoms with Crippen LogP contribution < -0.4 is 0 Å². The van der Waals surface area contributed by atoms with Gasteiger partial charge in [0.2, 0.25) is 0 Å². The Hall–Kier alpha value is -0.0800. The first-order valence-electron chi connectivity index (χ1n) is 6.98. The first-order valence-corrected chi connectivity index (χ1v) is 6.98. The van der Waals surface area contributed by atoms with Crippen molar-refractivity contribution in [2.45, 2.75) is 53.4 Å². The van der Waals surface area contributed by atoms with Gasteiger partial charge in [-0.25, -0.2) is 0 Å². The van der Waals surface area contributed by atoms with Crippen molar-refractivity contribution in [3.8, 4) is 0 Å². The molecule has 2 aliphatic heterocycles. The van der Waals surface area contributed by atoms with Crippen molar-refractivity contribution in [2.24, 2.45) is 11.8 Å². The molecule has 98 valence electrons. The lowest BCUT2D eigenvalue weighted by Gasteiger charge is -2.19. The molecular formula is C14H30O2. The van der Waals surface area contributed by atoms with E-state index in [2.05, 4.69) is 13.8 Å². The first-order chi connectivity index (χ1) is 7.83. The van der Waals surface area contributed by atoms with Crippen molar-refractivity contribution < 1.29 is 9.47 Å². The molecule has 0 radical (unpaired) electrons. The second-order valence-corrected chi connectivity index (χ2v) is 4.43. The molecule has 16 heavy (non-hydrogen) atoms. The summed E-state index contributed by atoms with van der Waals surface area (Å²) in [5, 5.41) is 0. The van der Waals surface area contributed by atoms with E-state index in [1.807, 2.05) is 13.8 Å². The molecule has 0 saturated carbocycles. The van der Waals surface area contributed by atoms with E-state index in [4.69, 9.17) is 9.47 Å². The van der Waals surface area contributed by atoms with E-state index in [1.165, 1.54) is 25.7 Å². The fourth-order valence-corrected chi connectivity index (χ4v) is 1.81. The Kier molecular flexibility index (Phi) is 11.3. The van der Waals surface area contributed by atoms with Crippen LogP contribution in [0, 0.1) is 11.8 Å². The summed E-state index contributed by atoms with van der Waals surface area (Å²) in [4.78, 5) is 0. The molecule has 0 aromatic heterocycles. The van der Waals surface area contributed by atoms with Gasteiger partial charge < -0.3 is 9.47 Å². The van der Waals surface area contributed by atoms with Crippen LogP contribution in [-0.2, 0) is 9.47 Å². The van der Waals surface area contributed by atoms with Crippen molar-refractivity contribution >= 4 is 0 Å². The lowest BCUT2D eigenvalue weighted by Crippen LogP contribution is -2.14. The molecule has 2 rings (SSSR count). The molecule has 2 aliphatic rings. The van der Waals surface area contributed by atoms with Crippen LogP contribution in [0.1, 0.15) is 53.4 Å². The van der Waals surface area contributed by atoms with Crippen LogP contribution in [-0.4, -0.2) is 26.4 Å². The Balaban J connectivity index is 0.000000251. The van der Waals surface area contributed by atoms with E-state index in [1.54, 1.807) is 0 Å². The number of rotatable bonds is 1. The molecule has 2 nitrogen and oxygen atoms in total. The van der Waals surface area contributed by atoms with Crippen molar-refractivity contribution in [3.05, 3.63) is 0 Å². The summed E-state index contributed by atoms with van der Waals surface area (Å²) >= 11 is 0. The van der Waals surface area contributed by atoms with Gasteiger partial charge in [0, 0.05) is 26.4 Å². The third kappa shape index (κ3) is 8.12. The molecule has 1 unspecified atom stereocenters. The van der Waals surface area contributed by atoms with Gasteiger partial charge in [0.05, 0.1) is 0 Å². The van der Waals surface area contributed by atoms with Crippen LogP contribution >= 0.6 is 0 Å². The SMILES string of the molecule is CC.CC1CCOC1.CCC1CCOCC1. The third-order valence-electron chi connectivity index (χ3n) is 3.08. The maximum Gasteiger partial charge on any atom is 0.0492 e. The van der Waals surface area contributed by atoms with Crippen LogP contribution in [0.4, 0.5) is 0 Å². The molecule has 2 heteroatoms. The number of hydrogen-bond acceptors (Lipinski definition) is 2. The molecule has 0 aromatic rings. The zero-order valence-electron chi connectivity index (χ0n) is 11.6. The molecular weight excluding hydrogens is 200 g/mol. The van der Waals surface area contributed by atoms with Crippen molar-refractivity contribution in [1.29, 1.82) is 0 Å². The van der Waals surface area contributed by atoms with Crippen LogP contribution in [0.5, 0.6) is 0 Å². The summed E-state index contributed by atoms with van der Waals surface area (Å²) in [6.45, 7) is 12.4. The minimum absolute atomic E-state index is 0.824. The average molecular weight is 230 g/mol. The fourth-order valence-electron chi connectivity index (χ4n) is 1.81. The number of ether oxygens (including phenoxy) is 2. The molecule has 0 spiro atoms. The summed E-state index contributed by atoms with van der Waals surface area (Å²) in [7, 11) is 0. The van der Waals surface area contributed by atoms with Crippen LogP contribution in [0.3, 0.4) is 0 Å². The van der Waals surface area contributed by atoms with Gasteiger partial charge in [0.1, 0.15) is 0 Å². The Morgan fingerprint density at radius 2 is 1.50 bits per heavy atom. The highest BCUT2D eigenvalue weighted by Crippen LogP contribution is 2.16. The lowest BCUT2D eigenvalue weighted by molar-refractivity contribution is 0.0654. The van der Waals surface area contributed by atoms with Gasteiger partial charge in [-0.2, -0.15) is 0 Å². The van der Waals surface area contributed by atoms with E-state index in [-0.39, 0.29) is 0 Å². The standard InChI is InChI=1S/C7H14O.C5H10O.C2H6/c1-2-7-3-5-8-6-4-7;1-5-2-3-6-4-5;1-2/h7H,2-6H2,1H3;5H,2-4H2,1H3;1-2H3. The second kappa shape index (κ2) is 11.4. The molecule has 0 bridgehead atoms. The van der Waals surface area contributed by atoms with Gasteiger partial charge in [0.25, 0.3) is 0 Å². The predicted octanol–water partition coefficient (Wildman–Crippen LogP) is 3.89. The molecule has 0 N–H and O–H groups in total. The fraction of sp³-hybridized carbons (Fsp3) is 1.00. The minimum atomic E-state index is 0.824. The highest BCUT2D eigenvalue weighted by molar-refractivity contribution is 4.60. The Labute approximate surface area is 102 Å². The van der Waals surface area contributed by atoms with E-state index in [0.717, 1.165) is 38.3 Å². The van der Waals surface area contributed by atoms with Gasteiger partial charge in [-0.3, -0.25) is 0 Å². The molecule has 2 fully saturated rings. The maximum atomic E-state index is 5.20. The highest BCUT2D eigenvalue weighted by atomic mass is 16.5. The maximum absolute atomic E-state index is 5.20. The summed E-state index contributed by atoms with van der Waals surface area (Å²) in [5.41, 5.74) is 0. The Morgan fingerprint density at radius 1 is 0.938 bits per heavy atom. The van der Waals surface area contributed by atoms with Gasteiger partial charge in [0.15, 0.2) is 0 Å². The normalized spacial score (nSPS) is 25.1. The average Bonchev–Trinajstić information content (AvgIpc) is 2.85. The molecule has 0 aromatic carbocycles. The lowest BCUT2D eigenvalue weighted by atomic mass is 9.98. The quantitative estimate of drug-likeness (QED) is 0.680. The monoisotopic (exact) mass is 230 g/mol. The zero-order valence-corrected chi connectivity index (χ0v) is 11.6. The van der Waals surface area contributed by atoms with Gasteiger partial charge in [-0.15, -0.1) is 0 Å². The first kappa shape index (κ1) is 15.9. The van der Waals surface area contributed by atoms with Gasteiger partial charge >= 0.3 is 0 Å². The van der Waals surface area contributed by atoms with Crippen molar-refractivity contribution in [1.82, 2.24) is 0 Å². The van der Waals surface area contributed by atoms with E-state index >= 15 is 0 Å². The summed E-state index contributed by atoms with van der Waals surface area (Å²) < 4.78 is 10.3. The smallest absolute Gasteiger partial charge is 0.0492 e. The third-order valence-corrected chi connectivity index (χ3v) is 3.08. The molecule has 0 amide bonds. The van der Waals surface area contributed by atoms with Crippen LogP contribution in [0.25, 0.3) is 0 Å². The van der Waals surface area contributed by atoms with E-state index < -0.39 is 0 Å². The molecule has 2 heterocycles. The Morgan fingerprint density at radius 3 is 1.75 bits per heavy atom. The summed E-state index contributed by atoms with van der Waals surface area (Å²) in [6.07, 6.45) is 5.18. The van der Waals surface area contributed by atoms with Crippen molar-refractivity contribution in [3.63, 3.8) is 0 Å². The van der Waals surface area contributed by atoms with E-state index in [0.29, 0.717) is 0 Å². The summed E-state index contributed by atoms with van der Waals surface area (Å²) in [6, 6.07) is 0. The molecule has 1 atom stereocenters. The zero-order chi connectivity index (χ0) is 12.2. The largest absolute Gasteiger partial charge is 0.381 e. The van der Waals surface area contributed by atoms with Gasteiger partial charge in [-0.05, 0) is 31.1 Å². The topological polar surface area (TPSA) is 18.5 Å². The van der Waals surface area contributed by atoms with Crippen molar-refractivity contribution in [2.75, 3.05) is 26.4 Å². The predicted molar refractivity (Wildman–Crippen MR) is 69.8 cm³/mol. The van der Waals surface area contributed by atoms with Gasteiger partial charge in [-0.1, -0.05) is 34.1 Å². The minimum Gasteiger partial charge on any atom is -0.381 e. The second-order valence-electron chi connectivity index (χ2n) is 4.43. The molecule has 0 aliphatic carbocycles. The van der Waals surface area contributed by atoms with Crippen LogP contribution in [0.15, 0.2) is 0 Å². The highest BCUT2D eigenvalue weighted by Gasteiger charge is 2.10. The number of hydrogen-bond donors (Lipinski definition) is 0. The molecule has 2 saturated heterocycles.